The van der Waals surface area contributed by atoms with Crippen molar-refractivity contribution in [1.82, 2.24) is 9.63 Å². The number of hydrogen-bond donors (Lipinski definition) is 0. The topological polar surface area (TPSA) is 41.2 Å². The SMILES string of the molecule is CCn1c(CCC2CCCN2OC)cc2ccc(C#N)cc21. The Morgan fingerprint density at radius 3 is 2.95 bits per heavy atom. The second-order valence-electron chi connectivity index (χ2n) is 5.92. The summed E-state index contributed by atoms with van der Waals surface area (Å²) in [5.41, 5.74) is 3.26. The summed E-state index contributed by atoms with van der Waals surface area (Å²) in [6, 6.07) is 11.0. The Balaban J connectivity index is 1.83. The van der Waals surface area contributed by atoms with Crippen LogP contribution in [0, 0.1) is 11.3 Å². The summed E-state index contributed by atoms with van der Waals surface area (Å²) in [6.45, 7) is 4.15. The zero-order chi connectivity index (χ0) is 15.5. The third kappa shape index (κ3) is 2.75. The van der Waals surface area contributed by atoms with E-state index in [1.54, 1.807) is 7.11 Å². The summed E-state index contributed by atoms with van der Waals surface area (Å²) in [7, 11) is 1.77. The minimum atomic E-state index is 0.531. The lowest BCUT2D eigenvalue weighted by molar-refractivity contribution is -0.142. The molecule has 22 heavy (non-hydrogen) atoms. The van der Waals surface area contributed by atoms with Crippen LogP contribution in [0.3, 0.4) is 0 Å². The monoisotopic (exact) mass is 297 g/mol. The molecule has 0 radical (unpaired) electrons. The molecule has 0 N–H and O–H groups in total. The minimum absolute atomic E-state index is 0.531. The molecule has 116 valence electrons. The van der Waals surface area contributed by atoms with Crippen LogP contribution in [-0.4, -0.2) is 29.3 Å². The zero-order valence-corrected chi connectivity index (χ0v) is 13.4. The molecule has 0 aliphatic carbocycles. The molecule has 1 saturated heterocycles. The standard InChI is InChI=1S/C18H23N3O/c1-3-20-17(9-8-16-5-4-10-21(16)22-2)12-15-7-6-14(13-19)11-18(15)20/h6-7,11-12,16H,3-5,8-10H2,1-2H3. The lowest BCUT2D eigenvalue weighted by atomic mass is 10.1. The van der Waals surface area contributed by atoms with Crippen molar-refractivity contribution in [3.63, 3.8) is 0 Å². The van der Waals surface area contributed by atoms with E-state index in [1.165, 1.54) is 29.4 Å². The Bertz CT molecular complexity index is 698. The molecule has 0 spiro atoms. The van der Waals surface area contributed by atoms with Gasteiger partial charge in [0.2, 0.25) is 0 Å². The minimum Gasteiger partial charge on any atom is -0.345 e. The summed E-state index contributed by atoms with van der Waals surface area (Å²) in [5, 5.41) is 12.4. The molecule has 2 aromatic rings. The molecular weight excluding hydrogens is 274 g/mol. The van der Waals surface area contributed by atoms with Crippen LogP contribution >= 0.6 is 0 Å². The number of fused-ring (bicyclic) bond motifs is 1. The van der Waals surface area contributed by atoms with Crippen LogP contribution in [-0.2, 0) is 17.8 Å². The van der Waals surface area contributed by atoms with Crippen molar-refractivity contribution in [3.8, 4) is 6.07 Å². The van der Waals surface area contributed by atoms with Gasteiger partial charge in [0.05, 0.1) is 18.7 Å². The maximum absolute atomic E-state index is 9.09. The molecule has 1 atom stereocenters. The quantitative estimate of drug-likeness (QED) is 0.848. The highest BCUT2D eigenvalue weighted by atomic mass is 16.7. The second kappa shape index (κ2) is 6.51. The molecule has 0 amide bonds. The molecule has 1 aliphatic rings. The van der Waals surface area contributed by atoms with Gasteiger partial charge >= 0.3 is 0 Å². The van der Waals surface area contributed by atoms with Gasteiger partial charge < -0.3 is 9.40 Å². The van der Waals surface area contributed by atoms with Crippen LogP contribution in [0.4, 0.5) is 0 Å². The fourth-order valence-electron chi connectivity index (χ4n) is 3.61. The molecular formula is C18H23N3O. The fourth-order valence-corrected chi connectivity index (χ4v) is 3.61. The molecule has 1 aromatic heterocycles. The summed E-state index contributed by atoms with van der Waals surface area (Å²) < 4.78 is 2.34. The fraction of sp³-hybridized carbons (Fsp3) is 0.500. The number of nitrogens with zero attached hydrogens (tertiary/aromatic N) is 3. The summed E-state index contributed by atoms with van der Waals surface area (Å²) in [6.07, 6.45) is 4.61. The van der Waals surface area contributed by atoms with E-state index in [2.05, 4.69) is 34.8 Å². The predicted octanol–water partition coefficient (Wildman–Crippen LogP) is 3.49. The average molecular weight is 297 g/mol. The molecule has 0 bridgehead atoms. The second-order valence-corrected chi connectivity index (χ2v) is 5.92. The van der Waals surface area contributed by atoms with Gasteiger partial charge in [-0.3, -0.25) is 0 Å². The summed E-state index contributed by atoms with van der Waals surface area (Å²) in [5.74, 6) is 0. The highest BCUT2D eigenvalue weighted by molar-refractivity contribution is 5.82. The number of aromatic nitrogens is 1. The Kier molecular flexibility index (Phi) is 4.47. The Hall–Kier alpha value is -1.83. The molecule has 1 aromatic carbocycles. The average Bonchev–Trinajstić information content (AvgIpc) is 3.15. The van der Waals surface area contributed by atoms with E-state index in [0.29, 0.717) is 6.04 Å². The third-order valence-electron chi connectivity index (χ3n) is 4.73. The maximum atomic E-state index is 9.09. The van der Waals surface area contributed by atoms with Gasteiger partial charge in [0.25, 0.3) is 0 Å². The molecule has 1 unspecified atom stereocenters. The smallest absolute Gasteiger partial charge is 0.0992 e. The molecule has 2 heterocycles. The Morgan fingerprint density at radius 1 is 1.36 bits per heavy atom. The molecule has 0 saturated carbocycles. The van der Waals surface area contributed by atoms with Crippen LogP contribution in [0.2, 0.25) is 0 Å². The van der Waals surface area contributed by atoms with Crippen LogP contribution in [0.15, 0.2) is 24.3 Å². The van der Waals surface area contributed by atoms with E-state index in [1.807, 2.05) is 12.1 Å². The summed E-state index contributed by atoms with van der Waals surface area (Å²) >= 11 is 0. The molecule has 1 fully saturated rings. The van der Waals surface area contributed by atoms with Crippen molar-refractivity contribution in [3.05, 3.63) is 35.5 Å². The lowest BCUT2D eigenvalue weighted by Crippen LogP contribution is -2.28. The number of rotatable bonds is 5. The van der Waals surface area contributed by atoms with E-state index in [4.69, 9.17) is 10.1 Å². The van der Waals surface area contributed by atoms with Gasteiger partial charge in [0.15, 0.2) is 0 Å². The number of benzene rings is 1. The largest absolute Gasteiger partial charge is 0.345 e. The molecule has 1 aliphatic heterocycles. The number of hydrogen-bond acceptors (Lipinski definition) is 3. The van der Waals surface area contributed by atoms with E-state index < -0.39 is 0 Å². The number of hydroxylamine groups is 2. The predicted molar refractivity (Wildman–Crippen MR) is 87.4 cm³/mol. The van der Waals surface area contributed by atoms with Gasteiger partial charge in [0.1, 0.15) is 0 Å². The van der Waals surface area contributed by atoms with Gasteiger partial charge in [-0.1, -0.05) is 6.07 Å². The summed E-state index contributed by atoms with van der Waals surface area (Å²) in [4.78, 5) is 5.45. The van der Waals surface area contributed by atoms with E-state index in [-0.39, 0.29) is 0 Å². The number of nitriles is 1. The van der Waals surface area contributed by atoms with Gasteiger partial charge in [0, 0.05) is 30.3 Å². The molecule has 4 heteroatoms. The molecule has 3 rings (SSSR count). The first-order valence-corrected chi connectivity index (χ1v) is 8.09. The van der Waals surface area contributed by atoms with Crippen LogP contribution in [0.25, 0.3) is 10.9 Å². The number of aryl methyl sites for hydroxylation is 2. The lowest BCUT2D eigenvalue weighted by Gasteiger charge is -2.21. The third-order valence-corrected chi connectivity index (χ3v) is 4.73. The van der Waals surface area contributed by atoms with Crippen LogP contribution < -0.4 is 0 Å². The van der Waals surface area contributed by atoms with Crippen molar-refractivity contribution >= 4 is 10.9 Å². The Labute approximate surface area is 131 Å². The maximum Gasteiger partial charge on any atom is 0.0992 e. The highest BCUT2D eigenvalue weighted by Gasteiger charge is 2.24. The van der Waals surface area contributed by atoms with Gasteiger partial charge in [-0.05, 0) is 56.2 Å². The first kappa shape index (κ1) is 15.1. The first-order valence-electron chi connectivity index (χ1n) is 8.09. The normalized spacial score (nSPS) is 18.9. The van der Waals surface area contributed by atoms with E-state index in [9.17, 15) is 0 Å². The van der Waals surface area contributed by atoms with Crippen molar-refractivity contribution in [2.24, 2.45) is 0 Å². The van der Waals surface area contributed by atoms with E-state index in [0.717, 1.165) is 31.5 Å². The zero-order valence-electron chi connectivity index (χ0n) is 13.4. The van der Waals surface area contributed by atoms with Gasteiger partial charge in [-0.15, -0.1) is 0 Å². The van der Waals surface area contributed by atoms with Gasteiger partial charge in [-0.25, -0.2) is 0 Å². The van der Waals surface area contributed by atoms with Crippen molar-refractivity contribution in [2.75, 3.05) is 13.7 Å². The van der Waals surface area contributed by atoms with Crippen molar-refractivity contribution in [2.45, 2.75) is 45.2 Å². The Morgan fingerprint density at radius 2 is 2.23 bits per heavy atom. The first-order chi connectivity index (χ1) is 10.8. The van der Waals surface area contributed by atoms with Crippen molar-refractivity contribution < 1.29 is 4.84 Å². The van der Waals surface area contributed by atoms with Gasteiger partial charge in [-0.2, -0.15) is 10.3 Å². The van der Waals surface area contributed by atoms with Crippen LogP contribution in [0.5, 0.6) is 0 Å². The molecule has 4 nitrogen and oxygen atoms in total. The van der Waals surface area contributed by atoms with Crippen molar-refractivity contribution in [1.29, 1.82) is 5.26 Å². The van der Waals surface area contributed by atoms with E-state index >= 15 is 0 Å². The highest BCUT2D eigenvalue weighted by Crippen LogP contribution is 2.25. The van der Waals surface area contributed by atoms with Crippen LogP contribution in [0.1, 0.15) is 37.4 Å².